The van der Waals surface area contributed by atoms with Crippen molar-refractivity contribution in [2.45, 2.75) is 44.6 Å². The predicted molar refractivity (Wildman–Crippen MR) is 67.8 cm³/mol. The van der Waals surface area contributed by atoms with Crippen LogP contribution < -0.4 is 0 Å². The van der Waals surface area contributed by atoms with E-state index in [2.05, 4.69) is 9.97 Å². The van der Waals surface area contributed by atoms with Gasteiger partial charge in [-0.15, -0.1) is 0 Å². The van der Waals surface area contributed by atoms with Crippen molar-refractivity contribution in [2.24, 2.45) is 0 Å². The molecule has 3 nitrogen and oxygen atoms in total. The third kappa shape index (κ3) is 2.07. The topological polar surface area (TPSA) is 48.9 Å². The number of hydrogen-bond acceptors (Lipinski definition) is 2. The summed E-state index contributed by atoms with van der Waals surface area (Å²) in [6.45, 7) is 0.0910. The molecule has 17 heavy (non-hydrogen) atoms. The summed E-state index contributed by atoms with van der Waals surface area (Å²) in [6, 6.07) is 5.92. The van der Waals surface area contributed by atoms with Crippen molar-refractivity contribution in [3.63, 3.8) is 0 Å². The van der Waals surface area contributed by atoms with E-state index in [4.69, 9.17) is 5.11 Å². The van der Waals surface area contributed by atoms with Crippen molar-refractivity contribution < 1.29 is 5.11 Å². The Morgan fingerprint density at radius 1 is 1.24 bits per heavy atom. The summed E-state index contributed by atoms with van der Waals surface area (Å²) in [6.07, 6.45) is 6.53. The summed E-state index contributed by atoms with van der Waals surface area (Å²) < 4.78 is 0. The zero-order valence-corrected chi connectivity index (χ0v) is 9.95. The molecule has 3 heteroatoms. The van der Waals surface area contributed by atoms with Crippen LogP contribution in [0.5, 0.6) is 0 Å². The first-order valence-corrected chi connectivity index (χ1v) is 6.46. The average Bonchev–Trinajstić information content (AvgIpc) is 2.82. The van der Waals surface area contributed by atoms with Crippen LogP contribution in [-0.2, 0) is 6.61 Å². The van der Waals surface area contributed by atoms with Gasteiger partial charge in [-0.05, 0) is 30.5 Å². The molecular formula is C14H18N2O. The van der Waals surface area contributed by atoms with E-state index in [9.17, 15) is 0 Å². The van der Waals surface area contributed by atoms with Crippen LogP contribution in [0, 0.1) is 0 Å². The van der Waals surface area contributed by atoms with Crippen LogP contribution in [0.3, 0.4) is 0 Å². The van der Waals surface area contributed by atoms with Crippen LogP contribution in [0.25, 0.3) is 11.0 Å². The Kier molecular flexibility index (Phi) is 2.85. The highest BCUT2D eigenvalue weighted by Crippen LogP contribution is 2.32. The molecule has 0 atom stereocenters. The number of imidazole rings is 1. The Labute approximate surface area is 101 Å². The van der Waals surface area contributed by atoms with Crippen molar-refractivity contribution >= 4 is 11.0 Å². The van der Waals surface area contributed by atoms with E-state index in [0.717, 1.165) is 22.4 Å². The van der Waals surface area contributed by atoms with E-state index in [-0.39, 0.29) is 6.61 Å². The van der Waals surface area contributed by atoms with Gasteiger partial charge in [0.15, 0.2) is 0 Å². The van der Waals surface area contributed by atoms with E-state index in [0.29, 0.717) is 5.92 Å². The second kappa shape index (κ2) is 4.49. The number of H-pyrrole nitrogens is 1. The van der Waals surface area contributed by atoms with Gasteiger partial charge in [0.25, 0.3) is 0 Å². The summed E-state index contributed by atoms with van der Waals surface area (Å²) in [5.74, 6) is 1.74. The number of aromatic nitrogens is 2. The number of hydrogen-bond donors (Lipinski definition) is 2. The average molecular weight is 230 g/mol. The van der Waals surface area contributed by atoms with E-state index in [1.54, 1.807) is 0 Å². The lowest BCUT2D eigenvalue weighted by molar-refractivity contribution is 0.282. The van der Waals surface area contributed by atoms with Crippen LogP contribution >= 0.6 is 0 Å². The Balaban J connectivity index is 1.95. The number of aromatic amines is 1. The fraction of sp³-hybridized carbons (Fsp3) is 0.500. The standard InChI is InChI=1S/C14H18N2O/c17-9-10-6-7-12-13(8-10)16-14(15-12)11-4-2-1-3-5-11/h6-8,11,17H,1-5,9H2,(H,15,16). The Morgan fingerprint density at radius 3 is 2.82 bits per heavy atom. The van der Waals surface area contributed by atoms with Crippen molar-refractivity contribution in [3.8, 4) is 0 Å². The molecular weight excluding hydrogens is 212 g/mol. The Hall–Kier alpha value is -1.35. The number of aliphatic hydroxyl groups excluding tert-OH is 1. The molecule has 3 rings (SSSR count). The molecule has 0 unspecified atom stereocenters. The fourth-order valence-electron chi connectivity index (χ4n) is 2.74. The van der Waals surface area contributed by atoms with Gasteiger partial charge in [0.05, 0.1) is 17.6 Å². The first-order valence-electron chi connectivity index (χ1n) is 6.46. The molecule has 90 valence electrons. The molecule has 1 aliphatic carbocycles. The maximum atomic E-state index is 9.12. The SMILES string of the molecule is OCc1ccc2nc(C3CCCCC3)[nH]c2c1. The summed E-state index contributed by atoms with van der Waals surface area (Å²) in [7, 11) is 0. The molecule has 0 saturated heterocycles. The van der Waals surface area contributed by atoms with E-state index >= 15 is 0 Å². The van der Waals surface area contributed by atoms with Crippen molar-refractivity contribution in [2.75, 3.05) is 0 Å². The molecule has 1 fully saturated rings. The molecule has 0 spiro atoms. The first-order chi connectivity index (χ1) is 8.36. The number of benzene rings is 1. The molecule has 1 heterocycles. The van der Waals surface area contributed by atoms with Gasteiger partial charge in [-0.1, -0.05) is 25.3 Å². The van der Waals surface area contributed by atoms with E-state index in [1.807, 2.05) is 18.2 Å². The zero-order chi connectivity index (χ0) is 11.7. The third-order valence-electron chi connectivity index (χ3n) is 3.74. The van der Waals surface area contributed by atoms with Crippen LogP contribution in [0.4, 0.5) is 0 Å². The minimum atomic E-state index is 0.0910. The minimum Gasteiger partial charge on any atom is -0.392 e. The van der Waals surface area contributed by atoms with Crippen molar-refractivity contribution in [3.05, 3.63) is 29.6 Å². The number of rotatable bonds is 2. The molecule has 1 aromatic heterocycles. The largest absolute Gasteiger partial charge is 0.392 e. The quantitative estimate of drug-likeness (QED) is 0.832. The van der Waals surface area contributed by atoms with Gasteiger partial charge in [-0.25, -0.2) is 4.98 Å². The monoisotopic (exact) mass is 230 g/mol. The zero-order valence-electron chi connectivity index (χ0n) is 9.95. The first kappa shape index (κ1) is 10.8. The van der Waals surface area contributed by atoms with E-state index in [1.165, 1.54) is 32.1 Å². The molecule has 1 aromatic carbocycles. The highest BCUT2D eigenvalue weighted by Gasteiger charge is 2.18. The summed E-state index contributed by atoms with van der Waals surface area (Å²) in [5.41, 5.74) is 3.01. The second-order valence-corrected chi connectivity index (χ2v) is 4.97. The number of fused-ring (bicyclic) bond motifs is 1. The maximum Gasteiger partial charge on any atom is 0.110 e. The Bertz CT molecular complexity index is 512. The van der Waals surface area contributed by atoms with Gasteiger partial charge >= 0.3 is 0 Å². The lowest BCUT2D eigenvalue weighted by Gasteiger charge is -2.18. The highest BCUT2D eigenvalue weighted by molar-refractivity contribution is 5.75. The lowest BCUT2D eigenvalue weighted by Crippen LogP contribution is -2.05. The normalized spacial score (nSPS) is 17.7. The summed E-state index contributed by atoms with van der Waals surface area (Å²) in [5, 5.41) is 9.12. The molecule has 1 aliphatic rings. The lowest BCUT2D eigenvalue weighted by atomic mass is 9.89. The number of nitrogens with one attached hydrogen (secondary N) is 1. The highest BCUT2D eigenvalue weighted by atomic mass is 16.3. The molecule has 2 aromatic rings. The van der Waals surface area contributed by atoms with Gasteiger partial charge in [-0.2, -0.15) is 0 Å². The van der Waals surface area contributed by atoms with Crippen molar-refractivity contribution in [1.82, 2.24) is 9.97 Å². The van der Waals surface area contributed by atoms with Gasteiger partial charge < -0.3 is 10.1 Å². The molecule has 0 aliphatic heterocycles. The summed E-state index contributed by atoms with van der Waals surface area (Å²) >= 11 is 0. The number of nitrogens with zero attached hydrogens (tertiary/aromatic N) is 1. The molecule has 0 bridgehead atoms. The van der Waals surface area contributed by atoms with Gasteiger partial charge in [0.1, 0.15) is 5.82 Å². The molecule has 0 radical (unpaired) electrons. The van der Waals surface area contributed by atoms with Crippen molar-refractivity contribution in [1.29, 1.82) is 0 Å². The second-order valence-electron chi connectivity index (χ2n) is 4.97. The van der Waals surface area contributed by atoms with Gasteiger partial charge in [-0.3, -0.25) is 0 Å². The number of aliphatic hydroxyl groups is 1. The molecule has 1 saturated carbocycles. The maximum absolute atomic E-state index is 9.12. The molecule has 0 amide bonds. The van der Waals surface area contributed by atoms with Crippen LogP contribution in [0.15, 0.2) is 18.2 Å². The molecule has 2 N–H and O–H groups in total. The summed E-state index contributed by atoms with van der Waals surface area (Å²) in [4.78, 5) is 8.09. The fourth-order valence-corrected chi connectivity index (χ4v) is 2.74. The van der Waals surface area contributed by atoms with Crippen LogP contribution in [0.2, 0.25) is 0 Å². The third-order valence-corrected chi connectivity index (χ3v) is 3.74. The van der Waals surface area contributed by atoms with Crippen LogP contribution in [-0.4, -0.2) is 15.1 Å². The van der Waals surface area contributed by atoms with E-state index < -0.39 is 0 Å². The predicted octanol–water partition coefficient (Wildman–Crippen LogP) is 3.10. The minimum absolute atomic E-state index is 0.0910. The van der Waals surface area contributed by atoms with Gasteiger partial charge in [0.2, 0.25) is 0 Å². The Morgan fingerprint density at radius 2 is 2.06 bits per heavy atom. The smallest absolute Gasteiger partial charge is 0.110 e. The van der Waals surface area contributed by atoms with Crippen LogP contribution in [0.1, 0.15) is 49.4 Å². The van der Waals surface area contributed by atoms with Gasteiger partial charge in [0, 0.05) is 5.92 Å².